The molecule has 0 bridgehead atoms. The first-order valence-electron chi connectivity index (χ1n) is 6.56. The maximum Gasteiger partial charge on any atom is 0.332 e. The highest BCUT2D eigenvalue weighted by molar-refractivity contribution is 5.86. The number of carbonyl (C=O) groups is 2. The van der Waals surface area contributed by atoms with Gasteiger partial charge < -0.3 is 25.2 Å². The zero-order valence-corrected chi connectivity index (χ0v) is 10.8. The van der Waals surface area contributed by atoms with Gasteiger partial charge in [-0.05, 0) is 18.8 Å². The standard InChI is InChI=1S/C12H20N2O5/c15-7-9-2-1-4-14(6-9)11(18)13-12(10(16)17)3-5-19-8-12/h9,15H,1-8H2,(H,13,18)(H,16,17). The van der Waals surface area contributed by atoms with Gasteiger partial charge in [0.15, 0.2) is 5.54 Å². The number of urea groups is 1. The van der Waals surface area contributed by atoms with Gasteiger partial charge in [0, 0.05) is 32.7 Å². The highest BCUT2D eigenvalue weighted by Crippen LogP contribution is 2.21. The van der Waals surface area contributed by atoms with Crippen LogP contribution in [0.2, 0.25) is 0 Å². The van der Waals surface area contributed by atoms with Crippen molar-refractivity contribution in [3.63, 3.8) is 0 Å². The van der Waals surface area contributed by atoms with Crippen molar-refractivity contribution in [1.82, 2.24) is 10.2 Å². The molecular formula is C12H20N2O5. The smallest absolute Gasteiger partial charge is 0.332 e. The van der Waals surface area contributed by atoms with Crippen LogP contribution in [0.25, 0.3) is 0 Å². The van der Waals surface area contributed by atoms with Crippen LogP contribution in [-0.4, -0.2) is 65.6 Å². The molecule has 2 atom stereocenters. The number of carbonyl (C=O) groups excluding carboxylic acids is 1. The summed E-state index contributed by atoms with van der Waals surface area (Å²) in [6.07, 6.45) is 2.01. The van der Waals surface area contributed by atoms with Crippen molar-refractivity contribution in [2.24, 2.45) is 5.92 Å². The minimum Gasteiger partial charge on any atom is -0.479 e. The molecule has 19 heavy (non-hydrogen) atoms. The number of ether oxygens (including phenoxy) is 1. The molecular weight excluding hydrogens is 252 g/mol. The molecule has 2 aliphatic rings. The minimum atomic E-state index is -1.30. The van der Waals surface area contributed by atoms with E-state index in [1.807, 2.05) is 0 Å². The first-order chi connectivity index (χ1) is 9.07. The summed E-state index contributed by atoms with van der Waals surface area (Å²) in [5, 5.41) is 21.0. The Labute approximate surface area is 111 Å². The highest BCUT2D eigenvalue weighted by atomic mass is 16.5. The maximum atomic E-state index is 12.1. The fourth-order valence-corrected chi connectivity index (χ4v) is 2.57. The van der Waals surface area contributed by atoms with Gasteiger partial charge in [0.25, 0.3) is 0 Å². The van der Waals surface area contributed by atoms with Crippen LogP contribution in [0, 0.1) is 5.92 Å². The molecule has 7 nitrogen and oxygen atoms in total. The van der Waals surface area contributed by atoms with Crippen LogP contribution in [0.3, 0.4) is 0 Å². The Bertz CT molecular complexity index is 354. The monoisotopic (exact) mass is 272 g/mol. The summed E-state index contributed by atoms with van der Waals surface area (Å²) in [6.45, 7) is 1.46. The largest absolute Gasteiger partial charge is 0.479 e. The highest BCUT2D eigenvalue weighted by Gasteiger charge is 2.45. The second-order valence-corrected chi connectivity index (χ2v) is 5.26. The molecule has 0 aromatic rings. The molecule has 2 aliphatic heterocycles. The molecule has 7 heteroatoms. The number of amides is 2. The molecule has 2 amide bonds. The fourth-order valence-electron chi connectivity index (χ4n) is 2.57. The zero-order valence-electron chi connectivity index (χ0n) is 10.8. The summed E-state index contributed by atoms with van der Waals surface area (Å²) in [5.41, 5.74) is -1.30. The van der Waals surface area contributed by atoms with Gasteiger partial charge in [-0.2, -0.15) is 0 Å². The minimum absolute atomic E-state index is 0.00530. The molecule has 0 aliphatic carbocycles. The second kappa shape index (κ2) is 5.75. The van der Waals surface area contributed by atoms with Crippen LogP contribution in [0.4, 0.5) is 4.79 Å². The molecule has 2 unspecified atom stereocenters. The van der Waals surface area contributed by atoms with E-state index < -0.39 is 11.5 Å². The number of piperidine rings is 1. The molecule has 0 radical (unpaired) electrons. The van der Waals surface area contributed by atoms with E-state index in [1.54, 1.807) is 4.90 Å². The van der Waals surface area contributed by atoms with Crippen molar-refractivity contribution in [3.05, 3.63) is 0 Å². The number of aliphatic hydroxyl groups excluding tert-OH is 1. The van der Waals surface area contributed by atoms with Crippen molar-refractivity contribution in [3.8, 4) is 0 Å². The molecule has 108 valence electrons. The van der Waals surface area contributed by atoms with Crippen molar-refractivity contribution >= 4 is 12.0 Å². The summed E-state index contributed by atoms with van der Waals surface area (Å²) in [5.74, 6) is -0.978. The van der Waals surface area contributed by atoms with Crippen LogP contribution in [0.1, 0.15) is 19.3 Å². The molecule has 2 heterocycles. The Balaban J connectivity index is 1.97. The van der Waals surface area contributed by atoms with E-state index in [0.717, 1.165) is 12.8 Å². The van der Waals surface area contributed by atoms with Gasteiger partial charge in [-0.3, -0.25) is 0 Å². The van der Waals surface area contributed by atoms with Crippen LogP contribution >= 0.6 is 0 Å². The number of carboxylic acids is 1. The molecule has 0 aromatic heterocycles. The number of nitrogens with zero attached hydrogens (tertiary/aromatic N) is 1. The lowest BCUT2D eigenvalue weighted by atomic mass is 9.98. The molecule has 0 saturated carbocycles. The number of aliphatic carboxylic acids is 1. The summed E-state index contributed by atoms with van der Waals surface area (Å²) >= 11 is 0. The second-order valence-electron chi connectivity index (χ2n) is 5.26. The van der Waals surface area contributed by atoms with E-state index in [0.29, 0.717) is 19.7 Å². The Morgan fingerprint density at radius 2 is 2.26 bits per heavy atom. The third-order valence-corrected chi connectivity index (χ3v) is 3.84. The van der Waals surface area contributed by atoms with Crippen molar-refractivity contribution < 1.29 is 24.5 Å². The topological polar surface area (TPSA) is 99.1 Å². The SMILES string of the molecule is O=C(NC1(C(=O)O)CCOC1)N1CCCC(CO)C1. The lowest BCUT2D eigenvalue weighted by Crippen LogP contribution is -2.59. The van der Waals surface area contributed by atoms with Gasteiger partial charge in [-0.1, -0.05) is 0 Å². The van der Waals surface area contributed by atoms with E-state index in [1.165, 1.54) is 0 Å². The van der Waals surface area contributed by atoms with Gasteiger partial charge in [0.1, 0.15) is 0 Å². The predicted octanol–water partition coefficient (Wildman–Crippen LogP) is -0.356. The fraction of sp³-hybridized carbons (Fsp3) is 0.833. The Kier molecular flexibility index (Phi) is 4.26. The van der Waals surface area contributed by atoms with E-state index >= 15 is 0 Å². The number of hydrogen-bond acceptors (Lipinski definition) is 4. The van der Waals surface area contributed by atoms with Gasteiger partial charge in [-0.25, -0.2) is 9.59 Å². The van der Waals surface area contributed by atoms with Crippen LogP contribution < -0.4 is 5.32 Å². The lowest BCUT2D eigenvalue weighted by molar-refractivity contribution is -0.144. The summed E-state index contributed by atoms with van der Waals surface area (Å²) in [4.78, 5) is 25.0. The number of aliphatic hydroxyl groups is 1. The van der Waals surface area contributed by atoms with Crippen LogP contribution in [-0.2, 0) is 9.53 Å². The summed E-state index contributed by atoms with van der Waals surface area (Å²) in [6, 6.07) is -0.383. The normalized spacial score (nSPS) is 31.2. The van der Waals surface area contributed by atoms with E-state index in [9.17, 15) is 14.7 Å². The maximum absolute atomic E-state index is 12.1. The Morgan fingerprint density at radius 1 is 1.47 bits per heavy atom. The third kappa shape index (κ3) is 2.98. The molecule has 2 saturated heterocycles. The average Bonchev–Trinajstić information content (AvgIpc) is 2.88. The molecule has 2 fully saturated rings. The Hall–Kier alpha value is -1.34. The summed E-state index contributed by atoms with van der Waals surface area (Å²) < 4.78 is 5.10. The molecule has 3 N–H and O–H groups in total. The van der Waals surface area contributed by atoms with Crippen LogP contribution in [0.5, 0.6) is 0 Å². The third-order valence-electron chi connectivity index (χ3n) is 3.84. The van der Waals surface area contributed by atoms with E-state index in [2.05, 4.69) is 5.32 Å². The summed E-state index contributed by atoms with van der Waals surface area (Å²) in [7, 11) is 0. The Morgan fingerprint density at radius 3 is 2.84 bits per heavy atom. The first-order valence-corrected chi connectivity index (χ1v) is 6.56. The van der Waals surface area contributed by atoms with Crippen molar-refractivity contribution in [2.45, 2.75) is 24.8 Å². The number of likely N-dealkylation sites (tertiary alicyclic amines) is 1. The van der Waals surface area contributed by atoms with Gasteiger partial charge in [0.2, 0.25) is 0 Å². The predicted molar refractivity (Wildman–Crippen MR) is 65.7 cm³/mol. The number of carboxylic acid groups (broad SMARTS) is 1. The van der Waals surface area contributed by atoms with Crippen LogP contribution in [0.15, 0.2) is 0 Å². The van der Waals surface area contributed by atoms with Crippen molar-refractivity contribution in [1.29, 1.82) is 0 Å². The molecule has 0 aromatic carbocycles. The quantitative estimate of drug-likeness (QED) is 0.652. The molecule has 0 spiro atoms. The average molecular weight is 272 g/mol. The number of hydrogen-bond donors (Lipinski definition) is 3. The number of rotatable bonds is 3. The molecule has 2 rings (SSSR count). The van der Waals surface area contributed by atoms with E-state index in [4.69, 9.17) is 9.84 Å². The van der Waals surface area contributed by atoms with Gasteiger partial charge in [0.05, 0.1) is 6.61 Å². The number of nitrogens with one attached hydrogen (secondary N) is 1. The van der Waals surface area contributed by atoms with Gasteiger partial charge in [-0.15, -0.1) is 0 Å². The van der Waals surface area contributed by atoms with Gasteiger partial charge >= 0.3 is 12.0 Å². The lowest BCUT2D eigenvalue weighted by Gasteiger charge is -2.34. The van der Waals surface area contributed by atoms with E-state index in [-0.39, 0.29) is 31.6 Å². The first kappa shape index (κ1) is 14.1. The zero-order chi connectivity index (χ0) is 13.9. The van der Waals surface area contributed by atoms with Crippen molar-refractivity contribution in [2.75, 3.05) is 32.9 Å².